The summed E-state index contributed by atoms with van der Waals surface area (Å²) < 4.78 is 7.07. The van der Waals surface area contributed by atoms with Gasteiger partial charge >= 0.3 is 0 Å². The Morgan fingerprint density at radius 3 is 3.11 bits per heavy atom. The van der Waals surface area contributed by atoms with E-state index in [1.807, 2.05) is 12.1 Å². The Hall–Kier alpha value is -2.01. The first-order chi connectivity index (χ1) is 8.68. The van der Waals surface area contributed by atoms with Crippen molar-refractivity contribution in [2.24, 2.45) is 7.05 Å². The van der Waals surface area contributed by atoms with Crippen molar-refractivity contribution >= 4 is 22.3 Å². The van der Waals surface area contributed by atoms with Gasteiger partial charge in [-0.15, -0.1) is 0 Å². The van der Waals surface area contributed by atoms with Gasteiger partial charge in [0.05, 0.1) is 30.0 Å². The van der Waals surface area contributed by atoms with Gasteiger partial charge in [0.2, 0.25) is 0 Å². The van der Waals surface area contributed by atoms with Gasteiger partial charge in [-0.25, -0.2) is 0 Å². The number of nitrogen functional groups attached to an aromatic ring is 1. The summed E-state index contributed by atoms with van der Waals surface area (Å²) in [5.41, 5.74) is 8.92. The molecule has 0 fully saturated rings. The molecule has 0 unspecified atom stereocenters. The van der Waals surface area contributed by atoms with Crippen molar-refractivity contribution in [1.29, 1.82) is 0 Å². The molecule has 94 valence electrons. The van der Waals surface area contributed by atoms with Crippen LogP contribution < -0.4 is 16.6 Å². The highest BCUT2D eigenvalue weighted by atomic mass is 16.5. The lowest BCUT2D eigenvalue weighted by Gasteiger charge is -2.14. The Morgan fingerprint density at radius 2 is 2.28 bits per heavy atom. The first-order valence-electron chi connectivity index (χ1n) is 5.91. The number of rotatable bonds is 0. The number of benzene rings is 1. The molecule has 0 bridgehead atoms. The Bertz CT molecular complexity index is 676. The Labute approximate surface area is 104 Å². The fourth-order valence-corrected chi connectivity index (χ4v) is 2.39. The molecule has 1 aromatic carbocycles. The van der Waals surface area contributed by atoms with Crippen molar-refractivity contribution in [3.05, 3.63) is 34.1 Å². The van der Waals surface area contributed by atoms with E-state index in [9.17, 15) is 4.79 Å². The average Bonchev–Trinajstić information content (AvgIpc) is 2.61. The average molecular weight is 245 g/mol. The van der Waals surface area contributed by atoms with Gasteiger partial charge in [0.1, 0.15) is 0 Å². The molecule has 2 aromatic rings. The summed E-state index contributed by atoms with van der Waals surface area (Å²) in [5, 5.41) is 4.24. The lowest BCUT2D eigenvalue weighted by Crippen LogP contribution is -2.23. The first-order valence-corrected chi connectivity index (χ1v) is 5.91. The molecule has 0 spiro atoms. The minimum absolute atomic E-state index is 0.0170. The van der Waals surface area contributed by atoms with Gasteiger partial charge in [0.15, 0.2) is 0 Å². The summed E-state index contributed by atoms with van der Waals surface area (Å²) in [4.78, 5) is 12.3. The number of aryl methyl sites for hydroxylation is 1. The zero-order chi connectivity index (χ0) is 12.7. The van der Waals surface area contributed by atoms with E-state index in [-0.39, 0.29) is 5.56 Å². The third kappa shape index (κ3) is 1.55. The van der Waals surface area contributed by atoms with Gasteiger partial charge in [-0.05, 0) is 18.2 Å². The predicted molar refractivity (Wildman–Crippen MR) is 71.7 cm³/mol. The van der Waals surface area contributed by atoms with Gasteiger partial charge in [-0.3, -0.25) is 4.79 Å². The van der Waals surface area contributed by atoms with Crippen LogP contribution in [0.15, 0.2) is 23.0 Å². The van der Waals surface area contributed by atoms with E-state index in [4.69, 9.17) is 10.5 Å². The summed E-state index contributed by atoms with van der Waals surface area (Å²) in [6.45, 7) is 1.64. The molecular formula is C13H15N3O2. The number of pyridine rings is 1. The van der Waals surface area contributed by atoms with Crippen LogP contribution in [0.1, 0.15) is 5.56 Å². The topological polar surface area (TPSA) is 69.3 Å². The first kappa shape index (κ1) is 11.1. The fourth-order valence-electron chi connectivity index (χ4n) is 2.39. The number of hydrogen-bond acceptors (Lipinski definition) is 4. The second-order valence-electron chi connectivity index (χ2n) is 4.47. The zero-order valence-electron chi connectivity index (χ0n) is 10.2. The number of nitrogens with zero attached hydrogens (tertiary/aromatic N) is 1. The van der Waals surface area contributed by atoms with Crippen LogP contribution in [0.2, 0.25) is 0 Å². The highest BCUT2D eigenvalue weighted by molar-refractivity contribution is 5.95. The van der Waals surface area contributed by atoms with Gasteiger partial charge in [-0.2, -0.15) is 0 Å². The van der Waals surface area contributed by atoms with E-state index in [0.717, 1.165) is 16.6 Å². The maximum absolute atomic E-state index is 12.3. The summed E-state index contributed by atoms with van der Waals surface area (Å²) >= 11 is 0. The van der Waals surface area contributed by atoms with Crippen LogP contribution in [0.25, 0.3) is 10.9 Å². The van der Waals surface area contributed by atoms with E-state index < -0.39 is 0 Å². The summed E-state index contributed by atoms with van der Waals surface area (Å²) in [7, 11) is 1.77. The number of anilines is 2. The fraction of sp³-hybridized carbons (Fsp3) is 0.308. The molecule has 0 saturated carbocycles. The third-order valence-corrected chi connectivity index (χ3v) is 3.31. The minimum Gasteiger partial charge on any atom is -0.399 e. The number of hydrogen-bond donors (Lipinski definition) is 2. The second kappa shape index (κ2) is 4.03. The van der Waals surface area contributed by atoms with Crippen LogP contribution in [0, 0.1) is 0 Å². The second-order valence-corrected chi connectivity index (χ2v) is 4.47. The number of aromatic nitrogens is 1. The van der Waals surface area contributed by atoms with E-state index in [1.54, 1.807) is 17.7 Å². The quantitative estimate of drug-likeness (QED) is 0.681. The van der Waals surface area contributed by atoms with Gasteiger partial charge in [0.25, 0.3) is 5.56 Å². The Morgan fingerprint density at radius 1 is 1.44 bits per heavy atom. The molecule has 5 heteroatoms. The van der Waals surface area contributed by atoms with Crippen LogP contribution in [-0.4, -0.2) is 17.7 Å². The van der Waals surface area contributed by atoms with Gasteiger partial charge in [-0.1, -0.05) is 0 Å². The lowest BCUT2D eigenvalue weighted by molar-refractivity contribution is 0.134. The van der Waals surface area contributed by atoms with Crippen molar-refractivity contribution in [1.82, 2.24) is 4.57 Å². The summed E-state index contributed by atoms with van der Waals surface area (Å²) in [6.07, 6.45) is 0. The maximum atomic E-state index is 12.3. The Balaban J connectivity index is 2.44. The van der Waals surface area contributed by atoms with Gasteiger partial charge in [0, 0.05) is 24.7 Å². The highest BCUT2D eigenvalue weighted by Gasteiger charge is 2.17. The summed E-state index contributed by atoms with van der Waals surface area (Å²) in [6, 6.07) is 5.58. The van der Waals surface area contributed by atoms with Crippen molar-refractivity contribution in [2.75, 3.05) is 24.2 Å². The SMILES string of the molecule is Cn1c(=O)c2c(c3cc(N)ccc31)NCCOC2. The Kier molecular flexibility index (Phi) is 2.48. The molecular weight excluding hydrogens is 230 g/mol. The molecule has 1 aliphatic heterocycles. The molecule has 3 N–H and O–H groups in total. The minimum atomic E-state index is -0.0170. The van der Waals surface area contributed by atoms with Crippen molar-refractivity contribution < 1.29 is 4.74 Å². The number of fused-ring (bicyclic) bond motifs is 3. The van der Waals surface area contributed by atoms with E-state index >= 15 is 0 Å². The number of ether oxygens (including phenoxy) is 1. The lowest BCUT2D eigenvalue weighted by atomic mass is 10.1. The largest absolute Gasteiger partial charge is 0.399 e. The number of nitrogens with two attached hydrogens (primary N) is 1. The normalized spacial score (nSPS) is 14.9. The predicted octanol–water partition coefficient (Wildman–Crippen LogP) is 1.06. The van der Waals surface area contributed by atoms with E-state index in [2.05, 4.69) is 5.32 Å². The van der Waals surface area contributed by atoms with Crippen LogP contribution >= 0.6 is 0 Å². The van der Waals surface area contributed by atoms with E-state index in [0.29, 0.717) is 31.0 Å². The molecule has 0 saturated heterocycles. The molecule has 0 atom stereocenters. The van der Waals surface area contributed by atoms with Crippen molar-refractivity contribution in [3.63, 3.8) is 0 Å². The van der Waals surface area contributed by atoms with E-state index in [1.165, 1.54) is 0 Å². The molecule has 18 heavy (non-hydrogen) atoms. The van der Waals surface area contributed by atoms with Crippen molar-refractivity contribution in [3.8, 4) is 0 Å². The third-order valence-electron chi connectivity index (χ3n) is 3.31. The molecule has 0 amide bonds. The molecule has 1 aromatic heterocycles. The van der Waals surface area contributed by atoms with Crippen LogP contribution in [0.5, 0.6) is 0 Å². The van der Waals surface area contributed by atoms with Crippen LogP contribution in [0.3, 0.4) is 0 Å². The maximum Gasteiger partial charge on any atom is 0.258 e. The molecule has 0 radical (unpaired) electrons. The number of nitrogens with one attached hydrogen (secondary N) is 1. The molecule has 5 nitrogen and oxygen atoms in total. The molecule has 0 aliphatic carbocycles. The summed E-state index contributed by atoms with van der Waals surface area (Å²) in [5.74, 6) is 0. The highest BCUT2D eigenvalue weighted by Crippen LogP contribution is 2.28. The van der Waals surface area contributed by atoms with Crippen molar-refractivity contribution in [2.45, 2.75) is 6.61 Å². The standard InChI is InChI=1S/C13H15N3O2/c1-16-11-3-2-8(14)6-9(11)12-10(13(16)17)7-18-5-4-15-12/h2-3,6,15H,4-5,7,14H2,1H3. The zero-order valence-corrected chi connectivity index (χ0v) is 10.2. The van der Waals surface area contributed by atoms with Gasteiger partial charge < -0.3 is 20.4 Å². The molecule has 2 heterocycles. The van der Waals surface area contributed by atoms with Crippen LogP contribution in [-0.2, 0) is 18.4 Å². The monoisotopic (exact) mass is 245 g/mol. The molecule has 1 aliphatic rings. The van der Waals surface area contributed by atoms with Crippen LogP contribution in [0.4, 0.5) is 11.4 Å². The molecule has 3 rings (SSSR count). The smallest absolute Gasteiger partial charge is 0.258 e.